The third-order valence-electron chi connectivity index (χ3n) is 4.87. The Morgan fingerprint density at radius 3 is 2.80 bits per heavy atom. The van der Waals surface area contributed by atoms with E-state index in [1.54, 1.807) is 25.1 Å². The van der Waals surface area contributed by atoms with E-state index in [9.17, 15) is 8.78 Å². The van der Waals surface area contributed by atoms with Crippen LogP contribution in [0.4, 0.5) is 8.78 Å². The number of nitrogens with zero attached hydrogens (tertiary/aromatic N) is 2. The predicted molar refractivity (Wildman–Crippen MR) is 114 cm³/mol. The summed E-state index contributed by atoms with van der Waals surface area (Å²) in [5.41, 5.74) is 0.535. The highest BCUT2D eigenvalue weighted by Crippen LogP contribution is 2.33. The molecule has 1 aliphatic heterocycles. The number of guanidine groups is 1. The molecular formula is C21H34F2N4O3. The first-order valence-corrected chi connectivity index (χ1v) is 10.5. The molecule has 9 heteroatoms. The minimum absolute atomic E-state index is 0.0319. The van der Waals surface area contributed by atoms with Crippen molar-refractivity contribution in [2.45, 2.75) is 52.9 Å². The Morgan fingerprint density at radius 2 is 2.13 bits per heavy atom. The minimum Gasteiger partial charge on any atom is -0.490 e. The quantitative estimate of drug-likeness (QED) is 0.441. The molecule has 170 valence electrons. The third kappa shape index (κ3) is 7.28. The number of aliphatic imine (C=N–C) groups is 1. The Kier molecular flexibility index (Phi) is 10.1. The molecule has 1 aromatic carbocycles. The van der Waals surface area contributed by atoms with Crippen LogP contribution < -0.4 is 20.1 Å². The second-order valence-electron chi connectivity index (χ2n) is 7.14. The van der Waals surface area contributed by atoms with Crippen LogP contribution in [0.5, 0.6) is 11.5 Å². The first kappa shape index (κ1) is 24.1. The molecule has 2 atom stereocenters. The van der Waals surface area contributed by atoms with Crippen LogP contribution in [0.3, 0.4) is 0 Å². The van der Waals surface area contributed by atoms with E-state index in [4.69, 9.17) is 14.2 Å². The van der Waals surface area contributed by atoms with Crippen LogP contribution in [0.15, 0.2) is 23.2 Å². The monoisotopic (exact) mass is 428 g/mol. The molecule has 1 aliphatic rings. The summed E-state index contributed by atoms with van der Waals surface area (Å²) in [6.45, 7) is 9.47. The Morgan fingerprint density at radius 1 is 1.33 bits per heavy atom. The first-order valence-electron chi connectivity index (χ1n) is 10.5. The molecule has 1 heterocycles. The predicted octanol–water partition coefficient (Wildman–Crippen LogP) is 2.85. The van der Waals surface area contributed by atoms with Gasteiger partial charge >= 0.3 is 6.61 Å². The largest absolute Gasteiger partial charge is 0.490 e. The highest BCUT2D eigenvalue weighted by molar-refractivity contribution is 5.79. The van der Waals surface area contributed by atoms with Gasteiger partial charge in [-0.15, -0.1) is 0 Å². The summed E-state index contributed by atoms with van der Waals surface area (Å²) in [5, 5.41) is 6.54. The van der Waals surface area contributed by atoms with E-state index in [0.717, 1.165) is 19.8 Å². The van der Waals surface area contributed by atoms with Gasteiger partial charge in [0.05, 0.1) is 26.4 Å². The molecule has 7 nitrogen and oxygen atoms in total. The van der Waals surface area contributed by atoms with E-state index in [0.29, 0.717) is 49.1 Å². The lowest BCUT2D eigenvalue weighted by Crippen LogP contribution is -2.53. The van der Waals surface area contributed by atoms with Crippen LogP contribution >= 0.6 is 0 Å². The molecular weight excluding hydrogens is 394 g/mol. The van der Waals surface area contributed by atoms with Crippen molar-refractivity contribution in [3.8, 4) is 11.5 Å². The van der Waals surface area contributed by atoms with E-state index >= 15 is 0 Å². The van der Waals surface area contributed by atoms with Crippen LogP contribution in [0.2, 0.25) is 0 Å². The topological polar surface area (TPSA) is 67.4 Å². The molecule has 2 N–H and O–H groups in total. The molecule has 0 aliphatic carbocycles. The van der Waals surface area contributed by atoms with Crippen LogP contribution in [0.1, 0.15) is 33.3 Å². The van der Waals surface area contributed by atoms with Crippen LogP contribution in [-0.2, 0) is 11.3 Å². The zero-order chi connectivity index (χ0) is 21.9. The summed E-state index contributed by atoms with van der Waals surface area (Å²) in [7, 11) is 0. The first-order chi connectivity index (χ1) is 14.5. The summed E-state index contributed by atoms with van der Waals surface area (Å²) in [6, 6.07) is 5.74. The summed E-state index contributed by atoms with van der Waals surface area (Å²) in [5.74, 6) is 0.943. The standard InChI is InChI=1S/C21H34F2N4O3/c1-5-24-21(25-12-15(3)27-10-11-28-14-16(27)4)26-13-17-8-7-9-18(29-6-2)19(17)30-20(22)23/h7-9,15-16,20H,5-6,10-14H2,1-4H3,(H2,24,25,26). The zero-order valence-corrected chi connectivity index (χ0v) is 18.3. The Balaban J connectivity index is 2.07. The number of ether oxygens (including phenoxy) is 3. The fourth-order valence-corrected chi connectivity index (χ4v) is 3.44. The number of benzene rings is 1. The molecule has 0 bridgehead atoms. The van der Waals surface area contributed by atoms with Crippen LogP contribution in [-0.4, -0.2) is 69.0 Å². The number of para-hydroxylation sites is 1. The molecule has 0 amide bonds. The number of halogens is 2. The van der Waals surface area contributed by atoms with Crippen molar-refractivity contribution in [3.05, 3.63) is 23.8 Å². The van der Waals surface area contributed by atoms with Crippen molar-refractivity contribution < 1.29 is 23.0 Å². The van der Waals surface area contributed by atoms with Crippen LogP contribution in [0.25, 0.3) is 0 Å². The number of morpholine rings is 1. The molecule has 1 aromatic rings. The van der Waals surface area contributed by atoms with Crippen molar-refractivity contribution >= 4 is 5.96 Å². The highest BCUT2D eigenvalue weighted by atomic mass is 19.3. The maximum Gasteiger partial charge on any atom is 0.387 e. The maximum atomic E-state index is 12.9. The van der Waals surface area contributed by atoms with E-state index in [-0.39, 0.29) is 12.3 Å². The Labute approximate surface area is 177 Å². The number of rotatable bonds is 10. The zero-order valence-electron chi connectivity index (χ0n) is 18.3. The van der Waals surface area contributed by atoms with Gasteiger partial charge in [-0.3, -0.25) is 4.90 Å². The molecule has 1 saturated heterocycles. The average Bonchev–Trinajstić information content (AvgIpc) is 2.72. The number of alkyl halides is 2. The maximum absolute atomic E-state index is 12.9. The van der Waals surface area contributed by atoms with Gasteiger partial charge in [-0.2, -0.15) is 8.78 Å². The molecule has 0 spiro atoms. The molecule has 0 saturated carbocycles. The van der Waals surface area contributed by atoms with Crippen molar-refractivity contribution in [3.63, 3.8) is 0 Å². The smallest absolute Gasteiger partial charge is 0.387 e. The van der Waals surface area contributed by atoms with Gasteiger partial charge in [-0.25, -0.2) is 4.99 Å². The SMILES string of the molecule is CCNC(=NCc1cccc(OCC)c1OC(F)F)NCC(C)N1CCOCC1C. The molecule has 1 fully saturated rings. The van der Waals surface area contributed by atoms with Gasteiger partial charge in [0.2, 0.25) is 0 Å². The van der Waals surface area contributed by atoms with Crippen molar-refractivity contribution in [2.75, 3.05) is 39.5 Å². The highest BCUT2D eigenvalue weighted by Gasteiger charge is 2.23. The van der Waals surface area contributed by atoms with Crippen LogP contribution in [0, 0.1) is 0 Å². The van der Waals surface area contributed by atoms with Crippen molar-refractivity contribution in [1.29, 1.82) is 0 Å². The van der Waals surface area contributed by atoms with Gasteiger partial charge in [0, 0.05) is 37.3 Å². The molecule has 0 aromatic heterocycles. The summed E-state index contributed by atoms with van der Waals surface area (Å²) < 4.78 is 41.5. The number of hydrogen-bond donors (Lipinski definition) is 2. The van der Waals surface area contributed by atoms with E-state index < -0.39 is 6.61 Å². The fourth-order valence-electron chi connectivity index (χ4n) is 3.44. The molecule has 0 radical (unpaired) electrons. The lowest BCUT2D eigenvalue weighted by molar-refractivity contribution is -0.0520. The minimum atomic E-state index is -2.93. The molecule has 2 rings (SSSR count). The van der Waals surface area contributed by atoms with Crippen molar-refractivity contribution in [1.82, 2.24) is 15.5 Å². The Bertz CT molecular complexity index is 676. The van der Waals surface area contributed by atoms with E-state index in [1.165, 1.54) is 0 Å². The average molecular weight is 429 g/mol. The molecule has 2 unspecified atom stereocenters. The number of hydrogen-bond acceptors (Lipinski definition) is 5. The number of nitrogens with one attached hydrogen (secondary N) is 2. The summed E-state index contributed by atoms with van der Waals surface area (Å²) in [6.07, 6.45) is 0. The lowest BCUT2D eigenvalue weighted by Gasteiger charge is -2.38. The Hall–Kier alpha value is -2.13. The fraction of sp³-hybridized carbons (Fsp3) is 0.667. The lowest BCUT2D eigenvalue weighted by atomic mass is 10.2. The van der Waals surface area contributed by atoms with Gasteiger partial charge in [0.25, 0.3) is 0 Å². The van der Waals surface area contributed by atoms with E-state index in [2.05, 4.69) is 34.4 Å². The van der Waals surface area contributed by atoms with Gasteiger partial charge in [-0.1, -0.05) is 12.1 Å². The van der Waals surface area contributed by atoms with Gasteiger partial charge in [0.15, 0.2) is 17.5 Å². The summed E-state index contributed by atoms with van der Waals surface area (Å²) in [4.78, 5) is 6.96. The van der Waals surface area contributed by atoms with Crippen molar-refractivity contribution in [2.24, 2.45) is 4.99 Å². The van der Waals surface area contributed by atoms with Gasteiger partial charge < -0.3 is 24.8 Å². The normalized spacial score (nSPS) is 18.9. The van der Waals surface area contributed by atoms with E-state index in [1.807, 2.05) is 6.92 Å². The van der Waals surface area contributed by atoms with Gasteiger partial charge in [-0.05, 0) is 33.8 Å². The second kappa shape index (κ2) is 12.5. The third-order valence-corrected chi connectivity index (χ3v) is 4.87. The molecule has 30 heavy (non-hydrogen) atoms. The summed E-state index contributed by atoms with van der Waals surface area (Å²) >= 11 is 0. The second-order valence-corrected chi connectivity index (χ2v) is 7.14. The van der Waals surface area contributed by atoms with Gasteiger partial charge in [0.1, 0.15) is 0 Å².